The van der Waals surface area contributed by atoms with Crippen LogP contribution in [-0.4, -0.2) is 16.0 Å². The van der Waals surface area contributed by atoms with Gasteiger partial charge in [0, 0.05) is 18.4 Å². The lowest BCUT2D eigenvalue weighted by Crippen LogP contribution is -2.17. The van der Waals surface area contributed by atoms with E-state index in [0.29, 0.717) is 0 Å². The van der Waals surface area contributed by atoms with E-state index in [1.807, 2.05) is 25.3 Å². The number of fused-ring (bicyclic) bond motifs is 1. The van der Waals surface area contributed by atoms with Gasteiger partial charge in [0.15, 0.2) is 0 Å². The highest BCUT2D eigenvalue weighted by molar-refractivity contribution is 5.85. The molecule has 0 aliphatic heterocycles. The molecule has 2 rings (SSSR count). The summed E-state index contributed by atoms with van der Waals surface area (Å²) in [6.07, 6.45) is 4.67. The van der Waals surface area contributed by atoms with Crippen LogP contribution in [0.4, 0.5) is 0 Å². The van der Waals surface area contributed by atoms with E-state index in [9.17, 15) is 0 Å². The highest BCUT2D eigenvalue weighted by atomic mass is 35.5. The zero-order valence-corrected chi connectivity index (χ0v) is 10.1. The standard InChI is InChI=1S/C10H13N3.2ClH/c1-7(11)5-8-6-13-9-3-2-4-12-10(8)9;;/h2-4,6-7,13H,5,11H2,1H3;2*1H. The molecular weight excluding hydrogens is 233 g/mol. The van der Waals surface area contributed by atoms with Crippen molar-refractivity contribution in [1.82, 2.24) is 9.97 Å². The topological polar surface area (TPSA) is 54.7 Å². The van der Waals surface area contributed by atoms with Crippen molar-refractivity contribution in [1.29, 1.82) is 0 Å². The Bertz CT molecular complexity index is 412. The van der Waals surface area contributed by atoms with Gasteiger partial charge in [-0.1, -0.05) is 0 Å². The zero-order chi connectivity index (χ0) is 9.26. The largest absolute Gasteiger partial charge is 0.360 e. The van der Waals surface area contributed by atoms with E-state index < -0.39 is 0 Å². The van der Waals surface area contributed by atoms with E-state index in [0.717, 1.165) is 17.5 Å². The molecule has 1 unspecified atom stereocenters. The third-order valence-electron chi connectivity index (χ3n) is 2.06. The van der Waals surface area contributed by atoms with Crippen molar-refractivity contribution < 1.29 is 0 Å². The van der Waals surface area contributed by atoms with Crippen molar-refractivity contribution in [3.05, 3.63) is 30.1 Å². The third-order valence-corrected chi connectivity index (χ3v) is 2.06. The van der Waals surface area contributed by atoms with Gasteiger partial charge in [-0.05, 0) is 31.0 Å². The summed E-state index contributed by atoms with van der Waals surface area (Å²) >= 11 is 0. The maximum atomic E-state index is 5.73. The number of nitrogens with two attached hydrogens (primary N) is 1. The average Bonchev–Trinajstić information content (AvgIpc) is 2.48. The Labute approximate surface area is 101 Å². The molecule has 0 saturated carbocycles. The van der Waals surface area contributed by atoms with Gasteiger partial charge in [0.05, 0.1) is 11.0 Å². The molecule has 0 radical (unpaired) electrons. The lowest BCUT2D eigenvalue weighted by Gasteiger charge is -2.01. The Morgan fingerprint density at radius 2 is 2.20 bits per heavy atom. The molecule has 0 aliphatic carbocycles. The molecule has 0 aromatic carbocycles. The van der Waals surface area contributed by atoms with E-state index in [4.69, 9.17) is 5.73 Å². The quantitative estimate of drug-likeness (QED) is 0.856. The fraction of sp³-hybridized carbons (Fsp3) is 0.300. The summed E-state index contributed by atoms with van der Waals surface area (Å²) in [6, 6.07) is 4.13. The second-order valence-electron chi connectivity index (χ2n) is 3.39. The number of hydrogen-bond donors (Lipinski definition) is 2. The van der Waals surface area contributed by atoms with Crippen LogP contribution in [0.2, 0.25) is 0 Å². The number of hydrogen-bond acceptors (Lipinski definition) is 2. The Morgan fingerprint density at radius 3 is 2.87 bits per heavy atom. The van der Waals surface area contributed by atoms with Crippen LogP contribution in [-0.2, 0) is 6.42 Å². The molecule has 84 valence electrons. The SMILES string of the molecule is CC(N)Cc1c[nH]c2cccnc12.Cl.Cl. The zero-order valence-electron chi connectivity index (χ0n) is 8.43. The fourth-order valence-corrected chi connectivity index (χ4v) is 1.51. The van der Waals surface area contributed by atoms with Crippen LogP contribution in [0.1, 0.15) is 12.5 Å². The Morgan fingerprint density at radius 1 is 1.47 bits per heavy atom. The molecule has 0 saturated heterocycles. The summed E-state index contributed by atoms with van der Waals surface area (Å²) in [7, 11) is 0. The van der Waals surface area contributed by atoms with Gasteiger partial charge in [-0.2, -0.15) is 0 Å². The number of nitrogens with zero attached hydrogens (tertiary/aromatic N) is 1. The van der Waals surface area contributed by atoms with Crippen molar-refractivity contribution >= 4 is 35.8 Å². The first-order valence-corrected chi connectivity index (χ1v) is 4.44. The number of H-pyrrole nitrogens is 1. The van der Waals surface area contributed by atoms with Crippen LogP contribution in [0.5, 0.6) is 0 Å². The smallest absolute Gasteiger partial charge is 0.0911 e. The van der Waals surface area contributed by atoms with Crippen LogP contribution in [0.25, 0.3) is 11.0 Å². The van der Waals surface area contributed by atoms with Gasteiger partial charge in [-0.15, -0.1) is 24.8 Å². The minimum Gasteiger partial charge on any atom is -0.360 e. The summed E-state index contributed by atoms with van der Waals surface area (Å²) in [5, 5.41) is 0. The van der Waals surface area contributed by atoms with E-state index in [-0.39, 0.29) is 30.9 Å². The molecule has 0 aliphatic rings. The van der Waals surface area contributed by atoms with Crippen molar-refractivity contribution in [3.8, 4) is 0 Å². The van der Waals surface area contributed by atoms with Gasteiger partial charge in [-0.25, -0.2) is 0 Å². The van der Waals surface area contributed by atoms with Crippen molar-refractivity contribution in [2.24, 2.45) is 5.73 Å². The van der Waals surface area contributed by atoms with Gasteiger partial charge in [0.2, 0.25) is 0 Å². The van der Waals surface area contributed by atoms with Crippen LogP contribution < -0.4 is 5.73 Å². The Hall–Kier alpha value is -0.770. The highest BCUT2D eigenvalue weighted by Crippen LogP contribution is 2.15. The highest BCUT2D eigenvalue weighted by Gasteiger charge is 2.05. The molecule has 0 spiro atoms. The maximum absolute atomic E-state index is 5.73. The summed E-state index contributed by atoms with van der Waals surface area (Å²) in [5.41, 5.74) is 9.06. The van der Waals surface area contributed by atoms with E-state index in [1.54, 1.807) is 6.20 Å². The number of aromatic nitrogens is 2. The first-order chi connectivity index (χ1) is 6.27. The van der Waals surface area contributed by atoms with Crippen molar-refractivity contribution in [2.45, 2.75) is 19.4 Å². The minimum atomic E-state index is 0. The minimum absolute atomic E-state index is 0. The number of halogens is 2. The monoisotopic (exact) mass is 247 g/mol. The summed E-state index contributed by atoms with van der Waals surface area (Å²) < 4.78 is 0. The van der Waals surface area contributed by atoms with E-state index in [1.165, 1.54) is 5.56 Å². The lowest BCUT2D eigenvalue weighted by atomic mass is 10.1. The van der Waals surface area contributed by atoms with Gasteiger partial charge in [-0.3, -0.25) is 4.98 Å². The number of pyridine rings is 1. The van der Waals surface area contributed by atoms with Gasteiger partial charge >= 0.3 is 0 Å². The predicted molar refractivity (Wildman–Crippen MR) is 67.9 cm³/mol. The van der Waals surface area contributed by atoms with E-state index >= 15 is 0 Å². The molecule has 0 amide bonds. The van der Waals surface area contributed by atoms with Crippen LogP contribution in [0.3, 0.4) is 0 Å². The second-order valence-corrected chi connectivity index (χ2v) is 3.39. The van der Waals surface area contributed by atoms with Crippen molar-refractivity contribution in [3.63, 3.8) is 0 Å². The van der Waals surface area contributed by atoms with Crippen molar-refractivity contribution in [2.75, 3.05) is 0 Å². The summed E-state index contributed by atoms with van der Waals surface area (Å²) in [4.78, 5) is 7.48. The molecule has 3 N–H and O–H groups in total. The van der Waals surface area contributed by atoms with Crippen LogP contribution in [0, 0.1) is 0 Å². The maximum Gasteiger partial charge on any atom is 0.0911 e. The Kier molecular flexibility index (Phi) is 5.65. The molecule has 2 aromatic rings. The first kappa shape index (κ1) is 14.2. The lowest BCUT2D eigenvalue weighted by molar-refractivity contribution is 0.740. The fourth-order valence-electron chi connectivity index (χ4n) is 1.51. The van der Waals surface area contributed by atoms with Gasteiger partial charge < -0.3 is 10.7 Å². The molecule has 3 nitrogen and oxygen atoms in total. The second kappa shape index (κ2) is 5.95. The van der Waals surface area contributed by atoms with Crippen LogP contribution >= 0.6 is 24.8 Å². The number of aromatic amines is 1. The van der Waals surface area contributed by atoms with Gasteiger partial charge in [0.25, 0.3) is 0 Å². The number of rotatable bonds is 2. The van der Waals surface area contributed by atoms with Crippen LogP contribution in [0.15, 0.2) is 24.5 Å². The molecule has 2 aromatic heterocycles. The molecular formula is C10H15Cl2N3. The predicted octanol–water partition coefficient (Wildman–Crippen LogP) is 2.30. The molecule has 0 fully saturated rings. The third kappa shape index (κ3) is 3.09. The normalized spacial score (nSPS) is 11.6. The first-order valence-electron chi connectivity index (χ1n) is 4.44. The summed E-state index contributed by atoms with van der Waals surface area (Å²) in [5.74, 6) is 0. The molecule has 1 atom stereocenters. The molecule has 0 bridgehead atoms. The number of nitrogens with one attached hydrogen (secondary N) is 1. The summed E-state index contributed by atoms with van der Waals surface area (Å²) in [6.45, 7) is 2.00. The Balaban J connectivity index is 0.000000980. The molecule has 2 heterocycles. The average molecular weight is 248 g/mol. The van der Waals surface area contributed by atoms with E-state index in [2.05, 4.69) is 9.97 Å². The molecule has 15 heavy (non-hydrogen) atoms. The van der Waals surface area contributed by atoms with Gasteiger partial charge in [0.1, 0.15) is 0 Å². The molecule has 5 heteroatoms.